The van der Waals surface area contributed by atoms with Gasteiger partial charge in [-0.3, -0.25) is 4.79 Å². The third-order valence-electron chi connectivity index (χ3n) is 5.06. The van der Waals surface area contributed by atoms with Gasteiger partial charge in [0.15, 0.2) is 5.82 Å². The van der Waals surface area contributed by atoms with Crippen molar-refractivity contribution in [2.75, 3.05) is 10.6 Å². The molecule has 1 amide bonds. The number of aromatic nitrogens is 4. The highest BCUT2D eigenvalue weighted by Crippen LogP contribution is 2.21. The first-order valence-electron chi connectivity index (χ1n) is 10.2. The summed E-state index contributed by atoms with van der Waals surface area (Å²) in [6.45, 7) is 0. The van der Waals surface area contributed by atoms with Crippen LogP contribution in [-0.4, -0.2) is 25.7 Å². The van der Waals surface area contributed by atoms with Crippen LogP contribution in [0.15, 0.2) is 97.6 Å². The largest absolute Gasteiger partial charge is 0.340 e. The minimum Gasteiger partial charge on any atom is -0.340 e. The number of rotatable bonds is 6. The molecular formula is C25H20N6O. The first-order valence-corrected chi connectivity index (χ1v) is 10.2. The van der Waals surface area contributed by atoms with Gasteiger partial charge in [-0.1, -0.05) is 42.5 Å². The molecule has 0 atom stereocenters. The van der Waals surface area contributed by atoms with Crippen LogP contribution in [0.3, 0.4) is 0 Å². The Labute approximate surface area is 184 Å². The van der Waals surface area contributed by atoms with Crippen LogP contribution in [-0.2, 0) is 11.2 Å². The summed E-state index contributed by atoms with van der Waals surface area (Å²) in [6, 6.07) is 25.3. The molecule has 156 valence electrons. The van der Waals surface area contributed by atoms with Crippen LogP contribution >= 0.6 is 0 Å². The van der Waals surface area contributed by atoms with Crippen LogP contribution in [0.4, 0.5) is 17.2 Å². The molecule has 0 aliphatic carbocycles. The van der Waals surface area contributed by atoms with E-state index in [0.29, 0.717) is 18.1 Å². The number of nitrogens with zero attached hydrogens (tertiary/aromatic N) is 4. The Balaban J connectivity index is 1.24. The Morgan fingerprint density at radius 3 is 2.53 bits per heavy atom. The van der Waals surface area contributed by atoms with Crippen LogP contribution < -0.4 is 10.6 Å². The van der Waals surface area contributed by atoms with Crippen LogP contribution in [0, 0.1) is 0 Å². The van der Waals surface area contributed by atoms with E-state index in [1.807, 2.05) is 72.9 Å². The Hall–Kier alpha value is -4.52. The summed E-state index contributed by atoms with van der Waals surface area (Å²) >= 11 is 0. The number of carbonyl (C=O) groups excluding carboxylic acids is 1. The molecule has 0 aliphatic rings. The molecule has 0 radical (unpaired) electrons. The molecule has 7 heteroatoms. The Kier molecular flexibility index (Phi) is 5.28. The number of carbonyl (C=O) groups is 1. The van der Waals surface area contributed by atoms with E-state index in [4.69, 9.17) is 0 Å². The number of amides is 1. The average molecular weight is 420 g/mol. The summed E-state index contributed by atoms with van der Waals surface area (Å²) in [5.74, 6) is 1.27. The van der Waals surface area contributed by atoms with Crippen molar-refractivity contribution in [2.45, 2.75) is 6.42 Å². The topological polar surface area (TPSA) is 84.7 Å². The molecule has 0 aliphatic heterocycles. The maximum atomic E-state index is 12.6. The zero-order chi connectivity index (χ0) is 21.8. The third-order valence-corrected chi connectivity index (χ3v) is 5.06. The standard InChI is InChI=1S/C25H20N6O/c32-25(15-19-7-3-6-18-5-1-2-8-22(18)19)30-21-11-9-20(10-12-21)29-23-16-24(27-17-26-23)31-14-4-13-28-31/h1-14,16-17H,15H2,(H,30,32)(H,26,27,29). The maximum Gasteiger partial charge on any atom is 0.228 e. The summed E-state index contributed by atoms with van der Waals surface area (Å²) in [6.07, 6.45) is 5.32. The molecule has 0 bridgehead atoms. The second kappa shape index (κ2) is 8.69. The lowest BCUT2D eigenvalue weighted by Crippen LogP contribution is -2.14. The second-order valence-electron chi connectivity index (χ2n) is 7.28. The van der Waals surface area contributed by atoms with E-state index in [1.165, 1.54) is 6.33 Å². The Morgan fingerprint density at radius 1 is 0.875 bits per heavy atom. The normalized spacial score (nSPS) is 10.8. The molecule has 7 nitrogen and oxygen atoms in total. The molecule has 0 unspecified atom stereocenters. The van der Waals surface area contributed by atoms with E-state index in [1.54, 1.807) is 10.9 Å². The van der Waals surface area contributed by atoms with Gasteiger partial charge in [0.1, 0.15) is 12.1 Å². The number of benzene rings is 3. The van der Waals surface area contributed by atoms with Crippen molar-refractivity contribution in [2.24, 2.45) is 0 Å². The average Bonchev–Trinajstić information content (AvgIpc) is 3.36. The van der Waals surface area contributed by atoms with Crippen LogP contribution in [0.1, 0.15) is 5.56 Å². The first-order chi connectivity index (χ1) is 15.7. The smallest absolute Gasteiger partial charge is 0.228 e. The summed E-state index contributed by atoms with van der Waals surface area (Å²) in [5.41, 5.74) is 2.60. The fourth-order valence-corrected chi connectivity index (χ4v) is 3.55. The van der Waals surface area contributed by atoms with Crippen molar-refractivity contribution in [3.05, 3.63) is 103 Å². The Morgan fingerprint density at radius 2 is 1.69 bits per heavy atom. The highest BCUT2D eigenvalue weighted by molar-refractivity contribution is 5.96. The second-order valence-corrected chi connectivity index (χ2v) is 7.28. The summed E-state index contributed by atoms with van der Waals surface area (Å²) in [7, 11) is 0. The highest BCUT2D eigenvalue weighted by atomic mass is 16.1. The van der Waals surface area contributed by atoms with Gasteiger partial charge >= 0.3 is 0 Å². The van der Waals surface area contributed by atoms with E-state index >= 15 is 0 Å². The predicted molar refractivity (Wildman–Crippen MR) is 125 cm³/mol. The van der Waals surface area contributed by atoms with Crippen LogP contribution in [0.2, 0.25) is 0 Å². The SMILES string of the molecule is O=C(Cc1cccc2ccccc12)Nc1ccc(Nc2cc(-n3cccn3)ncn2)cc1. The Bertz CT molecular complexity index is 1360. The third kappa shape index (κ3) is 4.32. The molecule has 5 rings (SSSR count). The maximum absolute atomic E-state index is 12.6. The molecule has 0 saturated heterocycles. The van der Waals surface area contributed by atoms with E-state index in [-0.39, 0.29) is 5.91 Å². The van der Waals surface area contributed by atoms with Gasteiger partial charge in [0.05, 0.1) is 6.42 Å². The van der Waals surface area contributed by atoms with Crippen molar-refractivity contribution in [1.29, 1.82) is 0 Å². The van der Waals surface area contributed by atoms with E-state index in [9.17, 15) is 4.79 Å². The summed E-state index contributed by atoms with van der Waals surface area (Å²) in [4.78, 5) is 21.1. The van der Waals surface area contributed by atoms with Gasteiger partial charge in [0.2, 0.25) is 5.91 Å². The fraction of sp³-hybridized carbons (Fsp3) is 0.0400. The van der Waals surface area contributed by atoms with Crippen molar-refractivity contribution in [1.82, 2.24) is 19.7 Å². The van der Waals surface area contributed by atoms with Crippen LogP contribution in [0.5, 0.6) is 0 Å². The molecule has 2 heterocycles. The van der Waals surface area contributed by atoms with Crippen molar-refractivity contribution < 1.29 is 4.79 Å². The van der Waals surface area contributed by atoms with Gasteiger partial charge in [-0.05, 0) is 46.7 Å². The molecule has 32 heavy (non-hydrogen) atoms. The van der Waals surface area contributed by atoms with E-state index < -0.39 is 0 Å². The zero-order valence-electron chi connectivity index (χ0n) is 17.1. The molecule has 0 spiro atoms. The highest BCUT2D eigenvalue weighted by Gasteiger charge is 2.08. The first kappa shape index (κ1) is 19.4. The zero-order valence-corrected chi connectivity index (χ0v) is 17.1. The summed E-state index contributed by atoms with van der Waals surface area (Å²) in [5, 5.41) is 12.6. The minimum absolute atomic E-state index is 0.0540. The van der Waals surface area contributed by atoms with Crippen molar-refractivity contribution in [3.8, 4) is 5.82 Å². The van der Waals surface area contributed by atoms with Gasteiger partial charge in [-0.25, -0.2) is 14.6 Å². The minimum atomic E-state index is -0.0540. The molecule has 3 aromatic carbocycles. The summed E-state index contributed by atoms with van der Waals surface area (Å²) < 4.78 is 1.67. The fourth-order valence-electron chi connectivity index (χ4n) is 3.55. The van der Waals surface area contributed by atoms with Crippen molar-refractivity contribution >= 4 is 33.9 Å². The lowest BCUT2D eigenvalue weighted by atomic mass is 10.0. The van der Waals surface area contributed by atoms with Gasteiger partial charge < -0.3 is 10.6 Å². The number of anilines is 3. The van der Waals surface area contributed by atoms with Gasteiger partial charge in [0, 0.05) is 29.8 Å². The number of hydrogen-bond donors (Lipinski definition) is 2. The van der Waals surface area contributed by atoms with Crippen molar-refractivity contribution in [3.63, 3.8) is 0 Å². The number of fused-ring (bicyclic) bond motifs is 1. The van der Waals surface area contributed by atoms with Gasteiger partial charge in [-0.15, -0.1) is 0 Å². The van der Waals surface area contributed by atoms with Gasteiger partial charge in [-0.2, -0.15) is 5.10 Å². The number of hydrogen-bond acceptors (Lipinski definition) is 5. The molecule has 0 saturated carbocycles. The molecule has 2 aromatic heterocycles. The van der Waals surface area contributed by atoms with E-state index in [2.05, 4.69) is 37.8 Å². The van der Waals surface area contributed by atoms with E-state index in [0.717, 1.165) is 27.7 Å². The molecule has 5 aromatic rings. The molecule has 2 N–H and O–H groups in total. The monoisotopic (exact) mass is 420 g/mol. The predicted octanol–water partition coefficient (Wildman–Crippen LogP) is 4.74. The number of nitrogens with one attached hydrogen (secondary N) is 2. The van der Waals surface area contributed by atoms with Gasteiger partial charge in [0.25, 0.3) is 0 Å². The lowest BCUT2D eigenvalue weighted by molar-refractivity contribution is -0.115. The molecular weight excluding hydrogens is 400 g/mol. The quantitative estimate of drug-likeness (QED) is 0.414. The molecule has 0 fully saturated rings. The van der Waals surface area contributed by atoms with Crippen LogP contribution in [0.25, 0.3) is 16.6 Å². The lowest BCUT2D eigenvalue weighted by Gasteiger charge is -2.10.